The summed E-state index contributed by atoms with van der Waals surface area (Å²) in [5.41, 5.74) is 9.08. The fourth-order valence-electron chi connectivity index (χ4n) is 6.11. The van der Waals surface area contributed by atoms with E-state index in [2.05, 4.69) is 52.0 Å². The molecule has 0 spiro atoms. The third kappa shape index (κ3) is 6.34. The molecule has 0 bridgehead atoms. The molecule has 11 nitrogen and oxygen atoms in total. The lowest BCUT2D eigenvalue weighted by Crippen LogP contribution is -2.57. The average molecular weight is 726 g/mol. The van der Waals surface area contributed by atoms with Gasteiger partial charge in [0.05, 0.1) is 16.7 Å². The van der Waals surface area contributed by atoms with E-state index in [-0.39, 0.29) is 23.7 Å². The molecule has 2 fully saturated rings. The maximum atomic E-state index is 13.9. The molecule has 6 rings (SSSR count). The number of hydrogen-bond acceptors (Lipinski definition) is 6. The van der Waals surface area contributed by atoms with Gasteiger partial charge in [0.2, 0.25) is 5.91 Å². The number of anilines is 2. The number of piperazine rings is 1. The van der Waals surface area contributed by atoms with Crippen LogP contribution in [0.4, 0.5) is 16.3 Å². The molecule has 4 heterocycles. The Bertz CT molecular complexity index is 1690. The summed E-state index contributed by atoms with van der Waals surface area (Å²) in [6.45, 7) is 3.33. The zero-order chi connectivity index (χ0) is 30.8. The molecule has 0 aliphatic carbocycles. The molecule has 2 saturated heterocycles. The number of halogens is 2. The standard InChI is InChI=1S/C31H34Br2N8O3/c32-22-17-20(18-23(33)28(22)34)19-25(29(42)39-15-13-38(14-16-39)27-7-3-4-10-35-27)37-30(43)40-11-8-21(9-12-40)41-26-6-2-1-5-24(26)36-31(41)44/h1-7,10,17-18,21,25H,8-9,11-16,19,34H2,(H,36,44)(H,37,43)/t25-/m1/s1. The minimum atomic E-state index is -0.764. The van der Waals surface area contributed by atoms with E-state index < -0.39 is 6.04 Å². The monoisotopic (exact) mass is 724 g/mol. The number of piperidine rings is 1. The summed E-state index contributed by atoms with van der Waals surface area (Å²) in [4.78, 5) is 53.3. The normalized spacial score (nSPS) is 16.7. The SMILES string of the molecule is Nc1c(Br)cc(C[C@@H](NC(=O)N2CCC(n3c(=O)[nH]c4ccccc43)CC2)C(=O)N2CCN(c3ccccn3)CC2)cc1Br. The number of urea groups is 1. The number of para-hydroxylation sites is 2. The van der Waals surface area contributed by atoms with Gasteiger partial charge < -0.3 is 30.7 Å². The summed E-state index contributed by atoms with van der Waals surface area (Å²) in [5.74, 6) is 0.766. The fourth-order valence-corrected chi connectivity index (χ4v) is 7.39. The van der Waals surface area contributed by atoms with Crippen LogP contribution in [-0.4, -0.2) is 81.6 Å². The third-order valence-electron chi connectivity index (χ3n) is 8.48. The van der Waals surface area contributed by atoms with Crippen LogP contribution in [0.1, 0.15) is 24.4 Å². The lowest BCUT2D eigenvalue weighted by atomic mass is 10.0. The van der Waals surface area contributed by atoms with Crippen LogP contribution in [0, 0.1) is 0 Å². The van der Waals surface area contributed by atoms with Crippen molar-refractivity contribution in [2.45, 2.75) is 31.3 Å². The number of nitrogens with one attached hydrogen (secondary N) is 2. The van der Waals surface area contributed by atoms with Crippen molar-refractivity contribution in [1.29, 1.82) is 0 Å². The van der Waals surface area contributed by atoms with E-state index in [1.807, 2.05) is 59.5 Å². The zero-order valence-electron chi connectivity index (χ0n) is 24.1. The third-order valence-corrected chi connectivity index (χ3v) is 9.79. The van der Waals surface area contributed by atoms with Gasteiger partial charge in [-0.05, 0) is 86.7 Å². The van der Waals surface area contributed by atoms with Gasteiger partial charge in [-0.3, -0.25) is 9.36 Å². The molecule has 0 saturated carbocycles. The van der Waals surface area contributed by atoms with Crippen molar-refractivity contribution in [3.8, 4) is 0 Å². The summed E-state index contributed by atoms with van der Waals surface area (Å²) < 4.78 is 3.24. The Labute approximate surface area is 271 Å². The van der Waals surface area contributed by atoms with E-state index in [1.54, 1.807) is 15.7 Å². The van der Waals surface area contributed by atoms with E-state index >= 15 is 0 Å². The smallest absolute Gasteiger partial charge is 0.326 e. The van der Waals surface area contributed by atoms with Crippen molar-refractivity contribution in [1.82, 2.24) is 29.7 Å². The predicted octanol–water partition coefficient (Wildman–Crippen LogP) is 4.14. The Kier molecular flexibility index (Phi) is 8.94. The summed E-state index contributed by atoms with van der Waals surface area (Å²) in [6.07, 6.45) is 3.36. The second-order valence-corrected chi connectivity index (χ2v) is 12.9. The Morgan fingerprint density at radius 1 is 0.955 bits per heavy atom. The molecule has 2 aromatic carbocycles. The van der Waals surface area contributed by atoms with Gasteiger partial charge in [0.15, 0.2) is 0 Å². The second-order valence-electron chi connectivity index (χ2n) is 11.2. The van der Waals surface area contributed by atoms with Gasteiger partial charge >= 0.3 is 11.7 Å². The van der Waals surface area contributed by atoms with Crippen LogP contribution in [-0.2, 0) is 11.2 Å². The van der Waals surface area contributed by atoms with Crippen LogP contribution in [0.5, 0.6) is 0 Å². The molecular formula is C31H34Br2N8O3. The van der Waals surface area contributed by atoms with Crippen molar-refractivity contribution in [3.05, 3.63) is 85.8 Å². The quantitative estimate of drug-likeness (QED) is 0.256. The van der Waals surface area contributed by atoms with E-state index in [4.69, 9.17) is 5.73 Å². The number of benzene rings is 2. The van der Waals surface area contributed by atoms with Crippen LogP contribution < -0.4 is 21.6 Å². The Hall–Kier alpha value is -3.84. The highest BCUT2D eigenvalue weighted by atomic mass is 79.9. The van der Waals surface area contributed by atoms with Gasteiger partial charge in [-0.2, -0.15) is 0 Å². The Balaban J connectivity index is 1.14. The number of H-pyrrole nitrogens is 1. The predicted molar refractivity (Wildman–Crippen MR) is 178 cm³/mol. The van der Waals surface area contributed by atoms with Gasteiger partial charge in [-0.15, -0.1) is 0 Å². The summed E-state index contributed by atoms with van der Waals surface area (Å²) in [7, 11) is 0. The van der Waals surface area contributed by atoms with Crippen molar-refractivity contribution in [3.63, 3.8) is 0 Å². The number of likely N-dealkylation sites (tertiary alicyclic amines) is 1. The number of nitrogen functional groups attached to an aromatic ring is 1. The van der Waals surface area contributed by atoms with E-state index in [0.717, 1.165) is 31.4 Å². The maximum Gasteiger partial charge on any atom is 0.326 e. The molecule has 0 unspecified atom stereocenters. The molecule has 2 aliphatic heterocycles. The molecule has 13 heteroatoms. The fraction of sp³-hybridized carbons (Fsp3) is 0.355. The molecule has 0 radical (unpaired) electrons. The number of aromatic amines is 1. The van der Waals surface area contributed by atoms with Crippen molar-refractivity contribution in [2.24, 2.45) is 0 Å². The number of nitrogens with two attached hydrogens (primary N) is 1. The average Bonchev–Trinajstić information content (AvgIpc) is 3.39. The molecule has 3 amide bonds. The molecule has 4 aromatic rings. The lowest BCUT2D eigenvalue weighted by molar-refractivity contribution is -0.133. The van der Waals surface area contributed by atoms with Gasteiger partial charge in [-0.25, -0.2) is 14.6 Å². The summed E-state index contributed by atoms with van der Waals surface area (Å²) in [6, 6.07) is 16.2. The second kappa shape index (κ2) is 13.0. The van der Waals surface area contributed by atoms with Crippen LogP contribution in [0.15, 0.2) is 74.5 Å². The van der Waals surface area contributed by atoms with Gasteiger partial charge in [0, 0.05) is 66.9 Å². The highest BCUT2D eigenvalue weighted by Crippen LogP contribution is 2.30. The number of amides is 3. The minimum Gasteiger partial charge on any atom is -0.397 e. The number of aromatic nitrogens is 3. The van der Waals surface area contributed by atoms with Gasteiger partial charge in [0.1, 0.15) is 11.9 Å². The maximum absolute atomic E-state index is 13.9. The van der Waals surface area contributed by atoms with Crippen LogP contribution in [0.25, 0.3) is 11.0 Å². The number of hydrogen-bond donors (Lipinski definition) is 3. The summed E-state index contributed by atoms with van der Waals surface area (Å²) >= 11 is 7.00. The topological polar surface area (TPSA) is 133 Å². The molecule has 2 aromatic heterocycles. The number of carbonyl (C=O) groups is 2. The first-order chi connectivity index (χ1) is 21.3. The minimum absolute atomic E-state index is 0.0139. The number of rotatable bonds is 6. The van der Waals surface area contributed by atoms with Crippen molar-refractivity contribution < 1.29 is 9.59 Å². The van der Waals surface area contributed by atoms with Crippen LogP contribution in [0.2, 0.25) is 0 Å². The molecule has 4 N–H and O–H groups in total. The number of carbonyl (C=O) groups excluding carboxylic acids is 2. The Morgan fingerprint density at radius 3 is 2.32 bits per heavy atom. The molecule has 230 valence electrons. The number of nitrogens with zero attached hydrogens (tertiary/aromatic N) is 5. The van der Waals surface area contributed by atoms with Crippen molar-refractivity contribution in [2.75, 3.05) is 49.9 Å². The lowest BCUT2D eigenvalue weighted by Gasteiger charge is -2.38. The highest BCUT2D eigenvalue weighted by Gasteiger charge is 2.32. The van der Waals surface area contributed by atoms with Crippen LogP contribution in [0.3, 0.4) is 0 Å². The Morgan fingerprint density at radius 2 is 1.64 bits per heavy atom. The number of pyridine rings is 1. The van der Waals surface area contributed by atoms with Crippen molar-refractivity contribution >= 4 is 66.3 Å². The molecule has 2 aliphatic rings. The van der Waals surface area contributed by atoms with E-state index in [1.165, 1.54) is 0 Å². The largest absolute Gasteiger partial charge is 0.397 e. The van der Waals surface area contributed by atoms with Crippen LogP contribution >= 0.6 is 31.9 Å². The molecular weight excluding hydrogens is 692 g/mol. The first kappa shape index (κ1) is 30.2. The first-order valence-electron chi connectivity index (χ1n) is 14.7. The number of fused-ring (bicyclic) bond motifs is 1. The molecule has 44 heavy (non-hydrogen) atoms. The zero-order valence-corrected chi connectivity index (χ0v) is 27.3. The highest BCUT2D eigenvalue weighted by molar-refractivity contribution is 9.11. The first-order valence-corrected chi connectivity index (χ1v) is 16.3. The number of imidazole rings is 1. The van der Waals surface area contributed by atoms with Gasteiger partial charge in [-0.1, -0.05) is 18.2 Å². The molecule has 1 atom stereocenters. The summed E-state index contributed by atoms with van der Waals surface area (Å²) in [5, 5.41) is 3.05. The van der Waals surface area contributed by atoms with E-state index in [0.29, 0.717) is 64.2 Å². The van der Waals surface area contributed by atoms with E-state index in [9.17, 15) is 14.4 Å². The van der Waals surface area contributed by atoms with Gasteiger partial charge in [0.25, 0.3) is 0 Å².